The number of amides is 1. The molecule has 2 rings (SSSR count). The molecule has 1 atom stereocenters. The molecule has 1 unspecified atom stereocenters. The van der Waals surface area contributed by atoms with Crippen LogP contribution in [0, 0.1) is 0 Å². The van der Waals surface area contributed by atoms with Crippen LogP contribution in [0.5, 0.6) is 0 Å². The fourth-order valence-electron chi connectivity index (χ4n) is 2.06. The Morgan fingerprint density at radius 1 is 1.10 bits per heavy atom. The third kappa shape index (κ3) is 4.18. The average molecular weight is 282 g/mol. The molecule has 1 amide bonds. The van der Waals surface area contributed by atoms with E-state index in [9.17, 15) is 4.79 Å². The molecule has 21 heavy (non-hydrogen) atoms. The zero-order valence-corrected chi connectivity index (χ0v) is 11.9. The van der Waals surface area contributed by atoms with Crippen molar-refractivity contribution in [2.45, 2.75) is 19.4 Å². The van der Waals surface area contributed by atoms with E-state index in [2.05, 4.69) is 10.5 Å². The summed E-state index contributed by atoms with van der Waals surface area (Å²) in [6.07, 6.45) is 0.296. The molecule has 0 aromatic heterocycles. The summed E-state index contributed by atoms with van der Waals surface area (Å²) in [7, 11) is 0. The highest BCUT2D eigenvalue weighted by Gasteiger charge is 2.16. The second-order valence-corrected chi connectivity index (χ2v) is 4.81. The van der Waals surface area contributed by atoms with Crippen molar-refractivity contribution in [1.29, 1.82) is 0 Å². The number of nitrogens with one attached hydrogen (secondary N) is 1. The normalized spacial score (nSPS) is 12.7. The molecule has 0 saturated carbocycles. The highest BCUT2D eigenvalue weighted by Crippen LogP contribution is 2.11. The first-order valence-corrected chi connectivity index (χ1v) is 6.81. The molecular weight excluding hydrogens is 264 g/mol. The van der Waals surface area contributed by atoms with Gasteiger partial charge in [0, 0.05) is 6.42 Å². The molecule has 4 heteroatoms. The van der Waals surface area contributed by atoms with E-state index in [0.717, 1.165) is 11.1 Å². The van der Waals surface area contributed by atoms with Gasteiger partial charge in [0.1, 0.15) is 5.71 Å². The molecule has 0 bridgehead atoms. The highest BCUT2D eigenvalue weighted by molar-refractivity contribution is 6.39. The van der Waals surface area contributed by atoms with Gasteiger partial charge < -0.3 is 10.5 Å². The van der Waals surface area contributed by atoms with Gasteiger partial charge in [0.05, 0.1) is 6.04 Å². The molecule has 108 valence electrons. The molecular formula is C17H18N2O2. The minimum atomic E-state index is -0.363. The Labute approximate surface area is 124 Å². The van der Waals surface area contributed by atoms with Crippen molar-refractivity contribution in [2.75, 3.05) is 0 Å². The quantitative estimate of drug-likeness (QED) is 0.503. The van der Waals surface area contributed by atoms with Crippen LogP contribution < -0.4 is 5.32 Å². The summed E-state index contributed by atoms with van der Waals surface area (Å²) >= 11 is 0. The first-order chi connectivity index (χ1) is 10.2. The minimum absolute atomic E-state index is 0.101. The van der Waals surface area contributed by atoms with E-state index in [-0.39, 0.29) is 17.7 Å². The molecule has 0 saturated heterocycles. The van der Waals surface area contributed by atoms with Crippen LogP contribution in [-0.2, 0) is 11.2 Å². The van der Waals surface area contributed by atoms with Crippen molar-refractivity contribution < 1.29 is 10.0 Å². The van der Waals surface area contributed by atoms with Crippen LogP contribution in [0.2, 0.25) is 0 Å². The molecule has 0 aliphatic heterocycles. The predicted octanol–water partition coefficient (Wildman–Crippen LogP) is 2.94. The summed E-state index contributed by atoms with van der Waals surface area (Å²) < 4.78 is 0. The van der Waals surface area contributed by atoms with Crippen molar-refractivity contribution in [1.82, 2.24) is 5.32 Å². The van der Waals surface area contributed by atoms with E-state index < -0.39 is 0 Å². The van der Waals surface area contributed by atoms with E-state index in [0.29, 0.717) is 6.42 Å². The standard InChI is InChI=1S/C17H18N2O2/c1-13(15-10-6-3-7-11-15)18-17(20)16(19-21)12-14-8-4-2-5-9-14/h2-11,13,21H,12H2,1H3,(H,18,20). The van der Waals surface area contributed by atoms with Gasteiger partial charge in [-0.05, 0) is 18.1 Å². The van der Waals surface area contributed by atoms with Gasteiger partial charge in [-0.2, -0.15) is 0 Å². The average Bonchev–Trinajstić information content (AvgIpc) is 2.54. The molecule has 2 aromatic carbocycles. The zero-order valence-electron chi connectivity index (χ0n) is 11.9. The number of benzene rings is 2. The summed E-state index contributed by atoms with van der Waals surface area (Å²) in [6, 6.07) is 18.9. The number of hydrogen-bond donors (Lipinski definition) is 2. The largest absolute Gasteiger partial charge is 0.410 e. The van der Waals surface area contributed by atoms with E-state index in [1.54, 1.807) is 0 Å². The van der Waals surface area contributed by atoms with Crippen LogP contribution >= 0.6 is 0 Å². The van der Waals surface area contributed by atoms with E-state index in [4.69, 9.17) is 5.21 Å². The van der Waals surface area contributed by atoms with Gasteiger partial charge in [0.2, 0.25) is 0 Å². The van der Waals surface area contributed by atoms with Crippen molar-refractivity contribution in [3.05, 3.63) is 71.8 Å². The van der Waals surface area contributed by atoms with Crippen molar-refractivity contribution >= 4 is 11.6 Å². The first-order valence-electron chi connectivity index (χ1n) is 6.81. The summed E-state index contributed by atoms with van der Waals surface area (Å²) in [6.45, 7) is 1.89. The Hall–Kier alpha value is -2.62. The SMILES string of the molecule is CC(NC(=O)C(Cc1ccccc1)=NO)c1ccccc1. The lowest BCUT2D eigenvalue weighted by Gasteiger charge is -2.14. The van der Waals surface area contributed by atoms with E-state index in [1.807, 2.05) is 67.6 Å². The van der Waals surface area contributed by atoms with Crippen molar-refractivity contribution in [3.8, 4) is 0 Å². The minimum Gasteiger partial charge on any atom is -0.410 e. The van der Waals surface area contributed by atoms with E-state index in [1.165, 1.54) is 0 Å². The molecule has 0 aliphatic carbocycles. The Balaban J connectivity index is 2.01. The Morgan fingerprint density at radius 3 is 2.24 bits per heavy atom. The fourth-order valence-corrected chi connectivity index (χ4v) is 2.06. The Bertz CT molecular complexity index is 609. The number of carbonyl (C=O) groups excluding carboxylic acids is 1. The maximum absolute atomic E-state index is 12.2. The van der Waals surface area contributed by atoms with Gasteiger partial charge in [0.15, 0.2) is 0 Å². The molecule has 0 fully saturated rings. The number of hydrogen-bond acceptors (Lipinski definition) is 3. The lowest BCUT2D eigenvalue weighted by Crippen LogP contribution is -2.34. The number of rotatable bonds is 5. The van der Waals surface area contributed by atoms with Crippen LogP contribution in [0.25, 0.3) is 0 Å². The summed E-state index contributed by atoms with van der Waals surface area (Å²) in [4.78, 5) is 12.2. The van der Waals surface area contributed by atoms with Gasteiger partial charge in [-0.15, -0.1) is 0 Å². The van der Waals surface area contributed by atoms with Gasteiger partial charge in [-0.3, -0.25) is 4.79 Å². The lowest BCUT2D eigenvalue weighted by molar-refractivity contribution is -0.115. The summed E-state index contributed by atoms with van der Waals surface area (Å²) in [5.74, 6) is -0.363. The monoisotopic (exact) mass is 282 g/mol. The Morgan fingerprint density at radius 2 is 1.67 bits per heavy atom. The molecule has 0 spiro atoms. The fraction of sp³-hybridized carbons (Fsp3) is 0.176. The maximum Gasteiger partial charge on any atom is 0.269 e. The van der Waals surface area contributed by atoms with Gasteiger partial charge in [-0.1, -0.05) is 65.8 Å². The highest BCUT2D eigenvalue weighted by atomic mass is 16.4. The molecule has 2 N–H and O–H groups in total. The van der Waals surface area contributed by atoms with Crippen LogP contribution in [0.1, 0.15) is 24.1 Å². The number of oxime groups is 1. The van der Waals surface area contributed by atoms with Crippen molar-refractivity contribution in [3.63, 3.8) is 0 Å². The zero-order chi connectivity index (χ0) is 15.1. The van der Waals surface area contributed by atoms with Crippen LogP contribution in [0.15, 0.2) is 65.8 Å². The van der Waals surface area contributed by atoms with Gasteiger partial charge in [0.25, 0.3) is 5.91 Å². The van der Waals surface area contributed by atoms with Crippen molar-refractivity contribution in [2.24, 2.45) is 5.16 Å². The Kier molecular flexibility index (Phi) is 5.10. The van der Waals surface area contributed by atoms with Gasteiger partial charge >= 0.3 is 0 Å². The molecule has 0 radical (unpaired) electrons. The second-order valence-electron chi connectivity index (χ2n) is 4.81. The predicted molar refractivity (Wildman–Crippen MR) is 82.4 cm³/mol. The third-order valence-corrected chi connectivity index (χ3v) is 3.24. The first kappa shape index (κ1) is 14.8. The van der Waals surface area contributed by atoms with Crippen LogP contribution in [-0.4, -0.2) is 16.8 Å². The smallest absolute Gasteiger partial charge is 0.269 e. The number of nitrogens with zero attached hydrogens (tertiary/aromatic N) is 1. The van der Waals surface area contributed by atoms with Crippen LogP contribution in [0.3, 0.4) is 0 Å². The van der Waals surface area contributed by atoms with E-state index >= 15 is 0 Å². The second kappa shape index (κ2) is 7.24. The topological polar surface area (TPSA) is 61.7 Å². The molecule has 4 nitrogen and oxygen atoms in total. The summed E-state index contributed by atoms with van der Waals surface area (Å²) in [5, 5.41) is 15.0. The lowest BCUT2D eigenvalue weighted by atomic mass is 10.1. The van der Waals surface area contributed by atoms with Crippen LogP contribution in [0.4, 0.5) is 0 Å². The number of carbonyl (C=O) groups is 1. The molecule has 2 aromatic rings. The third-order valence-electron chi connectivity index (χ3n) is 3.24. The summed E-state index contributed by atoms with van der Waals surface area (Å²) in [5.41, 5.74) is 2.03. The molecule has 0 heterocycles. The maximum atomic E-state index is 12.2. The van der Waals surface area contributed by atoms with Gasteiger partial charge in [-0.25, -0.2) is 0 Å². The molecule has 0 aliphatic rings.